The molecule has 1 aromatic carbocycles. The maximum Gasteiger partial charge on any atom is 0.251 e. The van der Waals surface area contributed by atoms with Crippen LogP contribution in [0.15, 0.2) is 18.2 Å². The molecule has 0 saturated heterocycles. The highest BCUT2D eigenvalue weighted by Gasteiger charge is 2.36. The highest BCUT2D eigenvalue weighted by molar-refractivity contribution is 8.00. The molecule has 1 heterocycles. The van der Waals surface area contributed by atoms with E-state index in [1.54, 1.807) is 0 Å². The molecule has 2 N–H and O–H groups in total. The highest BCUT2D eigenvalue weighted by atomic mass is 32.2. The molecule has 4 heteroatoms. The summed E-state index contributed by atoms with van der Waals surface area (Å²) >= 11 is 1.89. The van der Waals surface area contributed by atoms with E-state index >= 15 is 0 Å². The van der Waals surface area contributed by atoms with Crippen molar-refractivity contribution in [2.75, 3.05) is 12.8 Å². The van der Waals surface area contributed by atoms with Crippen molar-refractivity contribution in [2.24, 2.45) is 0 Å². The second kappa shape index (κ2) is 5.17. The molecule has 3 nitrogen and oxygen atoms in total. The molecular formula is C15H20N2OS. The van der Waals surface area contributed by atoms with Gasteiger partial charge in [0, 0.05) is 29.9 Å². The number of amides is 1. The number of benzene rings is 1. The lowest BCUT2D eigenvalue weighted by Crippen LogP contribution is -2.45. The molecule has 102 valence electrons. The molecule has 19 heavy (non-hydrogen) atoms. The monoisotopic (exact) mass is 276 g/mol. The summed E-state index contributed by atoms with van der Waals surface area (Å²) in [6, 6.07) is 6.03. The second-order valence-electron chi connectivity index (χ2n) is 5.51. The van der Waals surface area contributed by atoms with Crippen LogP contribution in [0.25, 0.3) is 0 Å². The van der Waals surface area contributed by atoms with Gasteiger partial charge in [-0.25, -0.2) is 0 Å². The summed E-state index contributed by atoms with van der Waals surface area (Å²) < 4.78 is 0.300. The van der Waals surface area contributed by atoms with Crippen molar-refractivity contribution in [1.82, 2.24) is 10.6 Å². The van der Waals surface area contributed by atoms with Gasteiger partial charge in [-0.3, -0.25) is 4.79 Å². The Morgan fingerprint density at radius 3 is 2.84 bits per heavy atom. The number of fused-ring (bicyclic) bond motifs is 1. The lowest BCUT2D eigenvalue weighted by molar-refractivity contribution is 0.0944. The van der Waals surface area contributed by atoms with Crippen LogP contribution < -0.4 is 10.6 Å². The van der Waals surface area contributed by atoms with E-state index in [2.05, 4.69) is 23.0 Å². The van der Waals surface area contributed by atoms with Crippen molar-refractivity contribution in [3.63, 3.8) is 0 Å². The van der Waals surface area contributed by atoms with Gasteiger partial charge in [-0.2, -0.15) is 11.8 Å². The van der Waals surface area contributed by atoms with Crippen LogP contribution in [0.3, 0.4) is 0 Å². The average molecular weight is 276 g/mol. The van der Waals surface area contributed by atoms with E-state index in [4.69, 9.17) is 0 Å². The van der Waals surface area contributed by atoms with Crippen molar-refractivity contribution in [3.8, 4) is 0 Å². The Hall–Kier alpha value is -1.00. The van der Waals surface area contributed by atoms with Gasteiger partial charge in [0.1, 0.15) is 0 Å². The first-order chi connectivity index (χ1) is 9.22. The third-order valence-electron chi connectivity index (χ3n) is 4.37. The summed E-state index contributed by atoms with van der Waals surface area (Å²) in [6.45, 7) is 2.60. The molecule has 1 fully saturated rings. The SMILES string of the molecule is CSC1(CNC(=O)c2ccc3c(c2)CNC3)CCC1. The van der Waals surface area contributed by atoms with Gasteiger partial charge in [-0.15, -0.1) is 0 Å². The van der Waals surface area contributed by atoms with Crippen molar-refractivity contribution in [3.05, 3.63) is 34.9 Å². The van der Waals surface area contributed by atoms with Gasteiger partial charge in [0.05, 0.1) is 0 Å². The van der Waals surface area contributed by atoms with Crippen molar-refractivity contribution < 1.29 is 4.79 Å². The largest absolute Gasteiger partial charge is 0.351 e. The number of rotatable bonds is 4. The number of hydrogen-bond acceptors (Lipinski definition) is 3. The second-order valence-corrected chi connectivity index (χ2v) is 6.78. The summed E-state index contributed by atoms with van der Waals surface area (Å²) in [6.07, 6.45) is 5.89. The standard InChI is InChI=1S/C15H20N2OS/c1-19-15(5-2-6-15)10-17-14(18)11-3-4-12-8-16-9-13(12)7-11/h3-4,7,16H,2,5-6,8-10H2,1H3,(H,17,18). The number of carbonyl (C=O) groups excluding carboxylic acids is 1. The molecule has 0 aromatic heterocycles. The summed E-state index contributed by atoms with van der Waals surface area (Å²) in [5.74, 6) is 0.0648. The van der Waals surface area contributed by atoms with E-state index in [1.165, 1.54) is 30.4 Å². The van der Waals surface area contributed by atoms with Crippen LogP contribution in [-0.4, -0.2) is 23.5 Å². The Kier molecular flexibility index (Phi) is 3.54. The number of carbonyl (C=O) groups is 1. The summed E-state index contributed by atoms with van der Waals surface area (Å²) in [5, 5.41) is 6.41. The molecule has 1 aliphatic heterocycles. The summed E-state index contributed by atoms with van der Waals surface area (Å²) in [4.78, 5) is 12.2. The smallest absolute Gasteiger partial charge is 0.251 e. The van der Waals surface area contributed by atoms with E-state index < -0.39 is 0 Å². The zero-order chi connectivity index (χ0) is 13.3. The van der Waals surface area contributed by atoms with E-state index in [0.717, 1.165) is 25.2 Å². The van der Waals surface area contributed by atoms with Gasteiger partial charge >= 0.3 is 0 Å². The minimum atomic E-state index is 0.0648. The Morgan fingerprint density at radius 2 is 2.16 bits per heavy atom. The molecule has 1 aromatic rings. The Labute approximate surface area is 118 Å². The molecule has 0 bridgehead atoms. The van der Waals surface area contributed by atoms with Gasteiger partial charge in [0.25, 0.3) is 5.91 Å². The van der Waals surface area contributed by atoms with Crippen LogP contribution in [0.4, 0.5) is 0 Å². The fourth-order valence-electron chi connectivity index (χ4n) is 2.80. The van der Waals surface area contributed by atoms with Crippen LogP contribution in [0.2, 0.25) is 0 Å². The van der Waals surface area contributed by atoms with Gasteiger partial charge in [-0.05, 0) is 42.4 Å². The first kappa shape index (κ1) is 13.0. The van der Waals surface area contributed by atoms with E-state index in [-0.39, 0.29) is 5.91 Å². The molecule has 0 spiro atoms. The van der Waals surface area contributed by atoms with Gasteiger partial charge < -0.3 is 10.6 Å². The third kappa shape index (κ3) is 2.51. The minimum absolute atomic E-state index is 0.0648. The van der Waals surface area contributed by atoms with E-state index in [1.807, 2.05) is 23.9 Å². The van der Waals surface area contributed by atoms with Crippen LogP contribution in [0.1, 0.15) is 40.7 Å². The maximum atomic E-state index is 12.2. The topological polar surface area (TPSA) is 41.1 Å². The Morgan fingerprint density at radius 1 is 1.37 bits per heavy atom. The van der Waals surface area contributed by atoms with E-state index in [0.29, 0.717) is 4.75 Å². The first-order valence-corrected chi connectivity index (χ1v) is 8.11. The quantitative estimate of drug-likeness (QED) is 0.886. The van der Waals surface area contributed by atoms with Gasteiger partial charge in [0.15, 0.2) is 0 Å². The molecule has 1 aliphatic carbocycles. The molecular weight excluding hydrogens is 256 g/mol. The van der Waals surface area contributed by atoms with Crippen molar-refractivity contribution in [2.45, 2.75) is 37.1 Å². The van der Waals surface area contributed by atoms with Gasteiger partial charge in [-0.1, -0.05) is 12.5 Å². The molecule has 2 aliphatic rings. The van der Waals surface area contributed by atoms with Crippen LogP contribution in [0, 0.1) is 0 Å². The number of nitrogens with one attached hydrogen (secondary N) is 2. The van der Waals surface area contributed by atoms with Crippen molar-refractivity contribution >= 4 is 17.7 Å². The Bertz CT molecular complexity index is 491. The van der Waals surface area contributed by atoms with E-state index in [9.17, 15) is 4.79 Å². The van der Waals surface area contributed by atoms with Crippen molar-refractivity contribution in [1.29, 1.82) is 0 Å². The fourth-order valence-corrected chi connectivity index (χ4v) is 3.72. The van der Waals surface area contributed by atoms with Crippen LogP contribution in [0.5, 0.6) is 0 Å². The zero-order valence-electron chi connectivity index (χ0n) is 11.3. The summed E-state index contributed by atoms with van der Waals surface area (Å²) in [5.41, 5.74) is 3.37. The predicted octanol–water partition coefficient (Wildman–Crippen LogP) is 2.31. The molecule has 1 amide bonds. The number of hydrogen-bond donors (Lipinski definition) is 2. The zero-order valence-corrected chi connectivity index (χ0v) is 12.1. The number of thioether (sulfide) groups is 1. The minimum Gasteiger partial charge on any atom is -0.351 e. The van der Waals surface area contributed by atoms with Crippen LogP contribution >= 0.6 is 11.8 Å². The molecule has 1 saturated carbocycles. The molecule has 3 rings (SSSR count). The first-order valence-electron chi connectivity index (χ1n) is 6.88. The summed E-state index contributed by atoms with van der Waals surface area (Å²) in [7, 11) is 0. The average Bonchev–Trinajstić information content (AvgIpc) is 2.84. The highest BCUT2D eigenvalue weighted by Crippen LogP contribution is 2.42. The predicted molar refractivity (Wildman–Crippen MR) is 79.4 cm³/mol. The molecule has 0 radical (unpaired) electrons. The molecule has 0 atom stereocenters. The third-order valence-corrected chi connectivity index (χ3v) is 5.79. The Balaban J connectivity index is 1.64. The fraction of sp³-hybridized carbons (Fsp3) is 0.533. The maximum absolute atomic E-state index is 12.2. The van der Waals surface area contributed by atoms with Crippen LogP contribution in [-0.2, 0) is 13.1 Å². The molecule has 0 unspecified atom stereocenters. The normalized spacial score (nSPS) is 19.6. The van der Waals surface area contributed by atoms with Gasteiger partial charge in [0.2, 0.25) is 0 Å². The lowest BCUT2D eigenvalue weighted by atomic mass is 9.84. The lowest BCUT2D eigenvalue weighted by Gasteiger charge is -2.40.